The first kappa shape index (κ1) is 22.2. The number of fused-ring (bicyclic) bond motifs is 3. The number of hydrogen-bond donors (Lipinski definition) is 0. The molecule has 4 aromatic rings. The number of rotatable bonds is 6. The van der Waals surface area contributed by atoms with Crippen LogP contribution in [-0.4, -0.2) is 24.2 Å². The summed E-state index contributed by atoms with van der Waals surface area (Å²) in [6, 6.07) is 18.0. The Morgan fingerprint density at radius 2 is 1.86 bits per heavy atom. The molecular formula is C29H25NO6. The molecule has 1 atom stereocenters. The second kappa shape index (κ2) is 8.75. The number of hydrogen-bond acceptors (Lipinski definition) is 6. The molecule has 3 aromatic carbocycles. The lowest BCUT2D eigenvalue weighted by atomic mass is 9.97. The highest BCUT2D eigenvalue weighted by atomic mass is 16.7. The Balaban J connectivity index is 1.50. The van der Waals surface area contributed by atoms with Crippen LogP contribution in [0.25, 0.3) is 11.0 Å². The zero-order valence-corrected chi connectivity index (χ0v) is 20.1. The standard InChI is InChI=1S/C29H25NO6/c1-3-11-33-20-6-4-5-19(14-20)26-25-27(31)21-12-17(2)7-9-22(21)36-28(25)29(32)30(26)15-18-8-10-23-24(13-18)35-16-34-23/h4-10,12-14,26H,3,11,15-16H2,1-2H3. The number of ether oxygens (including phenoxy) is 3. The Labute approximate surface area is 207 Å². The van der Waals surface area contributed by atoms with E-state index >= 15 is 0 Å². The normalized spacial score (nSPS) is 16.0. The zero-order chi connectivity index (χ0) is 24.8. The van der Waals surface area contributed by atoms with E-state index < -0.39 is 6.04 Å². The summed E-state index contributed by atoms with van der Waals surface area (Å²) in [6.45, 7) is 4.98. The van der Waals surface area contributed by atoms with Crippen LogP contribution in [0.1, 0.15) is 52.2 Å². The predicted molar refractivity (Wildman–Crippen MR) is 134 cm³/mol. The van der Waals surface area contributed by atoms with Crippen LogP contribution in [0.2, 0.25) is 0 Å². The maximum Gasteiger partial charge on any atom is 0.291 e. The van der Waals surface area contributed by atoms with Crippen LogP contribution in [-0.2, 0) is 6.54 Å². The fourth-order valence-electron chi connectivity index (χ4n) is 4.87. The molecule has 2 aliphatic rings. The molecule has 1 unspecified atom stereocenters. The average Bonchev–Trinajstić information content (AvgIpc) is 3.46. The number of benzene rings is 3. The minimum absolute atomic E-state index is 0.0852. The molecule has 182 valence electrons. The van der Waals surface area contributed by atoms with E-state index in [2.05, 4.69) is 0 Å². The Hall–Kier alpha value is -4.26. The summed E-state index contributed by atoms with van der Waals surface area (Å²) in [7, 11) is 0. The first-order chi connectivity index (χ1) is 17.5. The molecule has 1 amide bonds. The third kappa shape index (κ3) is 3.68. The third-order valence-corrected chi connectivity index (χ3v) is 6.56. The van der Waals surface area contributed by atoms with Gasteiger partial charge in [-0.1, -0.05) is 36.8 Å². The van der Waals surface area contributed by atoms with Crippen LogP contribution in [0.3, 0.4) is 0 Å². The van der Waals surface area contributed by atoms with E-state index in [4.69, 9.17) is 18.6 Å². The lowest BCUT2D eigenvalue weighted by Gasteiger charge is -2.25. The van der Waals surface area contributed by atoms with E-state index in [9.17, 15) is 9.59 Å². The van der Waals surface area contributed by atoms with Crippen molar-refractivity contribution < 1.29 is 23.4 Å². The average molecular weight is 484 g/mol. The van der Waals surface area contributed by atoms with Crippen molar-refractivity contribution in [3.63, 3.8) is 0 Å². The topological polar surface area (TPSA) is 78.2 Å². The molecule has 0 spiro atoms. The molecular weight excluding hydrogens is 458 g/mol. The van der Waals surface area contributed by atoms with Crippen molar-refractivity contribution in [1.29, 1.82) is 0 Å². The number of amides is 1. The molecule has 2 aliphatic heterocycles. The SMILES string of the molecule is CCCOc1cccc(C2c3c(oc4ccc(C)cc4c3=O)C(=O)N2Cc2ccc3c(c2)OCO3)c1. The Morgan fingerprint density at radius 1 is 1.00 bits per heavy atom. The predicted octanol–water partition coefficient (Wildman–Crippen LogP) is 5.36. The second-order valence-electron chi connectivity index (χ2n) is 9.12. The van der Waals surface area contributed by atoms with Crippen LogP contribution in [0.5, 0.6) is 17.2 Å². The van der Waals surface area contributed by atoms with Crippen LogP contribution in [0, 0.1) is 6.92 Å². The molecule has 36 heavy (non-hydrogen) atoms. The number of nitrogens with zero attached hydrogens (tertiary/aromatic N) is 1. The van der Waals surface area contributed by atoms with Crippen molar-refractivity contribution in [3.05, 3.63) is 98.9 Å². The summed E-state index contributed by atoms with van der Waals surface area (Å²) in [6.07, 6.45) is 0.875. The van der Waals surface area contributed by atoms with Gasteiger partial charge in [0.25, 0.3) is 5.91 Å². The molecule has 1 aromatic heterocycles. The first-order valence-electron chi connectivity index (χ1n) is 12.0. The lowest BCUT2D eigenvalue weighted by Crippen LogP contribution is -2.29. The molecule has 7 heteroatoms. The summed E-state index contributed by atoms with van der Waals surface area (Å²) in [4.78, 5) is 29.2. The highest BCUT2D eigenvalue weighted by Crippen LogP contribution is 2.41. The molecule has 0 aliphatic carbocycles. The summed E-state index contributed by atoms with van der Waals surface area (Å²) >= 11 is 0. The van der Waals surface area contributed by atoms with Crippen LogP contribution >= 0.6 is 0 Å². The van der Waals surface area contributed by atoms with Crippen molar-refractivity contribution in [2.75, 3.05) is 13.4 Å². The third-order valence-electron chi connectivity index (χ3n) is 6.56. The quantitative estimate of drug-likeness (QED) is 0.367. The van der Waals surface area contributed by atoms with Gasteiger partial charge in [-0.25, -0.2) is 0 Å². The van der Waals surface area contributed by atoms with Gasteiger partial charge in [0.05, 0.1) is 23.6 Å². The summed E-state index contributed by atoms with van der Waals surface area (Å²) in [5.41, 5.74) is 3.16. The second-order valence-corrected chi connectivity index (χ2v) is 9.12. The Bertz CT molecular complexity index is 1560. The molecule has 0 N–H and O–H groups in total. The lowest BCUT2D eigenvalue weighted by molar-refractivity contribution is 0.0714. The Kier molecular flexibility index (Phi) is 5.40. The monoisotopic (exact) mass is 483 g/mol. The van der Waals surface area contributed by atoms with Gasteiger partial charge in [-0.15, -0.1) is 0 Å². The van der Waals surface area contributed by atoms with Gasteiger partial charge >= 0.3 is 0 Å². The largest absolute Gasteiger partial charge is 0.494 e. The van der Waals surface area contributed by atoms with Gasteiger partial charge in [-0.3, -0.25) is 9.59 Å². The van der Waals surface area contributed by atoms with Crippen molar-refractivity contribution in [3.8, 4) is 17.2 Å². The smallest absolute Gasteiger partial charge is 0.291 e. The van der Waals surface area contributed by atoms with E-state index in [-0.39, 0.29) is 30.4 Å². The summed E-state index contributed by atoms with van der Waals surface area (Å²) in [5.74, 6) is 1.76. The van der Waals surface area contributed by atoms with E-state index in [1.54, 1.807) is 11.0 Å². The fourth-order valence-corrected chi connectivity index (χ4v) is 4.87. The van der Waals surface area contributed by atoms with Crippen LogP contribution in [0.4, 0.5) is 0 Å². The molecule has 0 radical (unpaired) electrons. The maximum atomic E-state index is 13.8. The highest BCUT2D eigenvalue weighted by molar-refractivity contribution is 5.99. The molecule has 6 rings (SSSR count). The van der Waals surface area contributed by atoms with Crippen LogP contribution in [0.15, 0.2) is 69.9 Å². The summed E-state index contributed by atoms with van der Waals surface area (Å²) < 4.78 is 22.9. The molecule has 0 saturated heterocycles. The van der Waals surface area contributed by atoms with Crippen molar-refractivity contribution in [1.82, 2.24) is 4.90 Å². The number of carbonyl (C=O) groups is 1. The minimum atomic E-state index is -0.621. The molecule has 3 heterocycles. The first-order valence-corrected chi connectivity index (χ1v) is 12.0. The fraction of sp³-hybridized carbons (Fsp3) is 0.241. The van der Waals surface area contributed by atoms with E-state index in [0.29, 0.717) is 40.4 Å². The van der Waals surface area contributed by atoms with Gasteiger partial charge in [-0.2, -0.15) is 0 Å². The van der Waals surface area contributed by atoms with Crippen molar-refractivity contribution in [2.45, 2.75) is 32.9 Å². The van der Waals surface area contributed by atoms with Gasteiger partial charge in [0.2, 0.25) is 12.6 Å². The molecule has 0 fully saturated rings. The molecule has 0 bridgehead atoms. The van der Waals surface area contributed by atoms with Gasteiger partial charge in [0.1, 0.15) is 11.3 Å². The zero-order valence-electron chi connectivity index (χ0n) is 20.1. The minimum Gasteiger partial charge on any atom is -0.494 e. The molecule has 0 saturated carbocycles. The van der Waals surface area contributed by atoms with E-state index in [1.165, 1.54) is 0 Å². The van der Waals surface area contributed by atoms with E-state index in [0.717, 1.165) is 23.1 Å². The Morgan fingerprint density at radius 3 is 2.72 bits per heavy atom. The number of aryl methyl sites for hydroxylation is 1. The van der Waals surface area contributed by atoms with Gasteiger partial charge in [-0.05, 0) is 60.9 Å². The van der Waals surface area contributed by atoms with Gasteiger partial charge in [0.15, 0.2) is 16.9 Å². The highest BCUT2D eigenvalue weighted by Gasteiger charge is 2.43. The number of carbonyl (C=O) groups excluding carboxylic acids is 1. The van der Waals surface area contributed by atoms with Crippen molar-refractivity contribution in [2.24, 2.45) is 0 Å². The van der Waals surface area contributed by atoms with Crippen molar-refractivity contribution >= 4 is 16.9 Å². The summed E-state index contributed by atoms with van der Waals surface area (Å²) in [5, 5.41) is 0.467. The molecule has 7 nitrogen and oxygen atoms in total. The van der Waals surface area contributed by atoms with E-state index in [1.807, 2.05) is 68.4 Å². The van der Waals surface area contributed by atoms with Gasteiger partial charge in [0, 0.05) is 6.54 Å². The van der Waals surface area contributed by atoms with Gasteiger partial charge < -0.3 is 23.5 Å². The maximum absolute atomic E-state index is 13.8. The van der Waals surface area contributed by atoms with Crippen LogP contribution < -0.4 is 19.6 Å².